The van der Waals surface area contributed by atoms with Gasteiger partial charge in [0.05, 0.1) is 0 Å². The van der Waals surface area contributed by atoms with Crippen LogP contribution in [0, 0.1) is 6.92 Å². The van der Waals surface area contributed by atoms with Crippen LogP contribution >= 0.6 is 0 Å². The maximum atomic E-state index is 11.8. The van der Waals surface area contributed by atoms with Crippen LogP contribution in [-0.4, -0.2) is 47.9 Å². The molecule has 1 aliphatic rings. The van der Waals surface area contributed by atoms with Crippen LogP contribution in [-0.2, 0) is 0 Å². The van der Waals surface area contributed by atoms with Crippen molar-refractivity contribution in [1.82, 2.24) is 9.88 Å². The Morgan fingerprint density at radius 2 is 1.95 bits per heavy atom. The molecular weight excluding hydrogens is 250 g/mol. The fourth-order valence-corrected chi connectivity index (χ4v) is 2.66. The summed E-state index contributed by atoms with van der Waals surface area (Å²) >= 11 is 0. The average molecular weight is 275 g/mol. The smallest absolute Gasteiger partial charge is 0.164 e. The number of ketones is 1. The van der Waals surface area contributed by atoms with Gasteiger partial charge in [-0.2, -0.15) is 0 Å². The monoisotopic (exact) mass is 275 g/mol. The molecule has 1 aromatic rings. The van der Waals surface area contributed by atoms with Crippen molar-refractivity contribution in [2.75, 3.05) is 31.1 Å². The summed E-state index contributed by atoms with van der Waals surface area (Å²) < 4.78 is 0. The maximum absolute atomic E-state index is 11.8. The molecule has 110 valence electrons. The molecule has 4 nitrogen and oxygen atoms in total. The predicted octanol–water partition coefficient (Wildman–Crippen LogP) is 2.51. The van der Waals surface area contributed by atoms with E-state index in [-0.39, 0.29) is 5.78 Å². The molecule has 2 rings (SSSR count). The van der Waals surface area contributed by atoms with Gasteiger partial charge in [0.15, 0.2) is 5.78 Å². The van der Waals surface area contributed by atoms with E-state index in [0.717, 1.165) is 43.1 Å². The van der Waals surface area contributed by atoms with Crippen LogP contribution in [0.25, 0.3) is 0 Å². The van der Waals surface area contributed by atoms with Crippen LogP contribution in [0.4, 0.5) is 5.82 Å². The second-order valence-electron chi connectivity index (χ2n) is 5.75. The minimum Gasteiger partial charge on any atom is -0.354 e. The van der Waals surface area contributed by atoms with Crippen molar-refractivity contribution in [3.8, 4) is 0 Å². The van der Waals surface area contributed by atoms with Gasteiger partial charge < -0.3 is 4.90 Å². The van der Waals surface area contributed by atoms with Crippen LogP contribution < -0.4 is 4.90 Å². The summed E-state index contributed by atoms with van der Waals surface area (Å²) in [5.41, 5.74) is 1.80. The number of nitrogens with zero attached hydrogens (tertiary/aromatic N) is 3. The molecule has 0 unspecified atom stereocenters. The van der Waals surface area contributed by atoms with E-state index in [1.807, 2.05) is 19.9 Å². The largest absolute Gasteiger partial charge is 0.354 e. The zero-order chi connectivity index (χ0) is 14.7. The third-order valence-corrected chi connectivity index (χ3v) is 4.09. The van der Waals surface area contributed by atoms with Crippen molar-refractivity contribution in [3.05, 3.63) is 23.4 Å². The molecule has 1 aliphatic heterocycles. The van der Waals surface area contributed by atoms with Crippen molar-refractivity contribution >= 4 is 11.6 Å². The van der Waals surface area contributed by atoms with Crippen LogP contribution in [0.2, 0.25) is 0 Å². The maximum Gasteiger partial charge on any atom is 0.164 e. The lowest BCUT2D eigenvalue weighted by Gasteiger charge is -2.37. The van der Waals surface area contributed by atoms with Crippen molar-refractivity contribution < 1.29 is 4.79 Å². The summed E-state index contributed by atoms with van der Waals surface area (Å²) in [4.78, 5) is 21.1. The van der Waals surface area contributed by atoms with Gasteiger partial charge >= 0.3 is 0 Å². The van der Waals surface area contributed by atoms with E-state index in [1.165, 1.54) is 0 Å². The molecular formula is C16H25N3O. The Morgan fingerprint density at radius 3 is 2.45 bits per heavy atom. The average Bonchev–Trinajstić information content (AvgIpc) is 2.46. The molecule has 0 aromatic carbocycles. The molecule has 1 saturated heterocycles. The molecule has 1 fully saturated rings. The zero-order valence-electron chi connectivity index (χ0n) is 13.0. The molecule has 0 N–H and O–H groups in total. The topological polar surface area (TPSA) is 36.4 Å². The number of pyridine rings is 1. The first kappa shape index (κ1) is 15.0. The van der Waals surface area contributed by atoms with Gasteiger partial charge in [0.1, 0.15) is 5.82 Å². The van der Waals surface area contributed by atoms with Crippen LogP contribution in [0.3, 0.4) is 0 Å². The van der Waals surface area contributed by atoms with Gasteiger partial charge in [-0.15, -0.1) is 0 Å². The Labute approximate surface area is 121 Å². The number of carbonyl (C=O) groups excluding carboxylic acids is 1. The Hall–Kier alpha value is -1.42. The van der Waals surface area contributed by atoms with Gasteiger partial charge in [-0.25, -0.2) is 4.98 Å². The summed E-state index contributed by atoms with van der Waals surface area (Å²) in [6, 6.07) is 2.66. The first-order chi connectivity index (χ1) is 9.52. The van der Waals surface area contributed by atoms with E-state index in [4.69, 9.17) is 0 Å². The van der Waals surface area contributed by atoms with Crippen molar-refractivity contribution in [2.45, 2.75) is 40.2 Å². The third-order valence-electron chi connectivity index (χ3n) is 4.09. The Morgan fingerprint density at radius 1 is 1.30 bits per heavy atom. The van der Waals surface area contributed by atoms with Gasteiger partial charge in [0, 0.05) is 50.4 Å². The van der Waals surface area contributed by atoms with E-state index in [9.17, 15) is 4.79 Å². The first-order valence-corrected chi connectivity index (χ1v) is 7.51. The van der Waals surface area contributed by atoms with E-state index in [2.05, 4.69) is 28.6 Å². The normalized spacial score (nSPS) is 16.8. The van der Waals surface area contributed by atoms with E-state index >= 15 is 0 Å². The summed E-state index contributed by atoms with van der Waals surface area (Å²) in [5, 5.41) is 0. The number of hydrogen-bond acceptors (Lipinski definition) is 4. The highest BCUT2D eigenvalue weighted by molar-refractivity contribution is 5.97. The summed E-state index contributed by atoms with van der Waals surface area (Å²) in [7, 11) is 0. The molecule has 0 aliphatic carbocycles. The Bertz CT molecular complexity index is 477. The molecule has 0 saturated carbocycles. The second kappa shape index (κ2) is 6.35. The van der Waals surface area contributed by atoms with Crippen molar-refractivity contribution in [1.29, 1.82) is 0 Å². The van der Waals surface area contributed by atoms with Crippen molar-refractivity contribution in [2.24, 2.45) is 0 Å². The molecule has 2 heterocycles. The minimum atomic E-state index is 0.172. The van der Waals surface area contributed by atoms with Crippen molar-refractivity contribution in [3.63, 3.8) is 0 Å². The molecule has 0 amide bonds. The fourth-order valence-electron chi connectivity index (χ4n) is 2.66. The second-order valence-corrected chi connectivity index (χ2v) is 5.75. The fraction of sp³-hybridized carbons (Fsp3) is 0.625. The Kier molecular flexibility index (Phi) is 4.76. The summed E-state index contributed by atoms with van der Waals surface area (Å²) in [5.74, 6) is 1.17. The number of Topliss-reactive ketones (excluding diaryl/α,β-unsaturated/α-hetero) is 1. The molecule has 0 radical (unpaired) electrons. The number of piperazine rings is 1. The molecule has 1 aromatic heterocycles. The number of anilines is 1. The van der Waals surface area contributed by atoms with Crippen LogP contribution in [0.15, 0.2) is 12.3 Å². The number of hydrogen-bond donors (Lipinski definition) is 0. The van der Waals surface area contributed by atoms with Gasteiger partial charge in [-0.1, -0.05) is 6.92 Å². The van der Waals surface area contributed by atoms with Gasteiger partial charge in [0.25, 0.3) is 0 Å². The highest BCUT2D eigenvalue weighted by Crippen LogP contribution is 2.19. The zero-order valence-corrected chi connectivity index (χ0v) is 13.0. The highest BCUT2D eigenvalue weighted by Gasteiger charge is 2.20. The minimum absolute atomic E-state index is 0.172. The lowest BCUT2D eigenvalue weighted by molar-refractivity contribution is 0.0987. The highest BCUT2D eigenvalue weighted by atomic mass is 16.1. The molecule has 20 heavy (non-hydrogen) atoms. The predicted molar refractivity (Wildman–Crippen MR) is 82.5 cm³/mol. The standard InChI is InChI=1S/C16H25N3O/c1-5-15(20)14-11-17-16(10-13(14)4)19-8-6-18(7-9-19)12(2)3/h10-12H,5-9H2,1-4H3. The lowest BCUT2D eigenvalue weighted by atomic mass is 10.1. The summed E-state index contributed by atoms with van der Waals surface area (Å²) in [6.07, 6.45) is 2.28. The van der Waals surface area contributed by atoms with E-state index in [0.29, 0.717) is 12.5 Å². The number of aromatic nitrogens is 1. The molecule has 0 atom stereocenters. The van der Waals surface area contributed by atoms with Gasteiger partial charge in [-0.3, -0.25) is 9.69 Å². The number of aryl methyl sites for hydroxylation is 1. The quantitative estimate of drug-likeness (QED) is 0.791. The number of carbonyl (C=O) groups is 1. The van der Waals surface area contributed by atoms with Crippen LogP contribution in [0.1, 0.15) is 43.1 Å². The molecule has 0 spiro atoms. The Balaban J connectivity index is 2.08. The third kappa shape index (κ3) is 3.18. The van der Waals surface area contributed by atoms with Crippen LogP contribution in [0.5, 0.6) is 0 Å². The summed E-state index contributed by atoms with van der Waals surface area (Å²) in [6.45, 7) is 12.5. The lowest BCUT2D eigenvalue weighted by Crippen LogP contribution is -2.49. The first-order valence-electron chi connectivity index (χ1n) is 7.51. The van der Waals surface area contributed by atoms with Gasteiger partial charge in [0.2, 0.25) is 0 Å². The molecule has 4 heteroatoms. The molecule has 0 bridgehead atoms. The SMILES string of the molecule is CCC(=O)c1cnc(N2CCN(C(C)C)CC2)cc1C. The van der Waals surface area contributed by atoms with E-state index < -0.39 is 0 Å². The number of rotatable bonds is 4. The van der Waals surface area contributed by atoms with Gasteiger partial charge in [-0.05, 0) is 32.4 Å². The van der Waals surface area contributed by atoms with E-state index in [1.54, 1.807) is 6.20 Å².